The fourth-order valence-electron chi connectivity index (χ4n) is 1.27. The van der Waals surface area contributed by atoms with Gasteiger partial charge in [-0.3, -0.25) is 10.2 Å². The second kappa shape index (κ2) is 4.65. The van der Waals surface area contributed by atoms with Crippen molar-refractivity contribution < 1.29 is 9.90 Å². The van der Waals surface area contributed by atoms with Crippen LogP contribution in [0.25, 0.3) is 0 Å². The molecule has 1 atom stereocenters. The van der Waals surface area contributed by atoms with Crippen LogP contribution in [0, 0.1) is 5.41 Å². The van der Waals surface area contributed by atoms with E-state index in [1.54, 1.807) is 38.2 Å². The second-order valence-corrected chi connectivity index (χ2v) is 3.60. The summed E-state index contributed by atoms with van der Waals surface area (Å²) in [6.45, 7) is 1.63. The fraction of sp³-hybridized carbons (Fsp3) is 0.273. The predicted octanol–water partition coefficient (Wildman–Crippen LogP) is 1.20. The Morgan fingerprint density at radius 2 is 1.94 bits per heavy atom. The van der Waals surface area contributed by atoms with E-state index >= 15 is 0 Å². The quantitative estimate of drug-likeness (QED) is 0.528. The van der Waals surface area contributed by atoms with Crippen LogP contribution in [0.2, 0.25) is 0 Å². The van der Waals surface area contributed by atoms with Crippen molar-refractivity contribution in [3.63, 3.8) is 0 Å². The summed E-state index contributed by atoms with van der Waals surface area (Å²) in [6, 6.07) is 6.95. The van der Waals surface area contributed by atoms with Crippen molar-refractivity contribution in [2.45, 2.75) is 12.8 Å². The van der Waals surface area contributed by atoms with E-state index in [0.717, 1.165) is 11.3 Å². The van der Waals surface area contributed by atoms with Crippen LogP contribution in [-0.2, 0) is 4.79 Å². The highest BCUT2D eigenvalue weighted by atomic mass is 16.4. The summed E-state index contributed by atoms with van der Waals surface area (Å²) in [5, 5.41) is 16.1. The van der Waals surface area contributed by atoms with E-state index in [1.165, 1.54) is 4.90 Å². The number of carboxylic acids is 1. The third-order valence-electron chi connectivity index (χ3n) is 2.51. The number of nitrogens with one attached hydrogen (secondary N) is 1. The highest BCUT2D eigenvalue weighted by molar-refractivity contribution is 5.91. The molecular weight excluding hydrogens is 206 g/mol. The van der Waals surface area contributed by atoms with Crippen LogP contribution in [-0.4, -0.2) is 24.1 Å². The topological polar surface area (TPSA) is 90.4 Å². The van der Waals surface area contributed by atoms with Gasteiger partial charge in [0, 0.05) is 12.7 Å². The number of rotatable bonds is 3. The second-order valence-electron chi connectivity index (χ2n) is 3.60. The van der Waals surface area contributed by atoms with Gasteiger partial charge in [-0.25, -0.2) is 0 Å². The van der Waals surface area contributed by atoms with E-state index in [1.807, 2.05) is 0 Å². The van der Waals surface area contributed by atoms with Crippen LogP contribution >= 0.6 is 0 Å². The smallest absolute Gasteiger partial charge is 0.310 e. The third kappa shape index (κ3) is 2.50. The van der Waals surface area contributed by atoms with E-state index in [9.17, 15) is 4.79 Å². The zero-order chi connectivity index (χ0) is 12.3. The molecule has 86 valence electrons. The van der Waals surface area contributed by atoms with Gasteiger partial charge in [0.2, 0.25) is 0 Å². The summed E-state index contributed by atoms with van der Waals surface area (Å²) in [4.78, 5) is 12.3. The molecule has 16 heavy (non-hydrogen) atoms. The number of aliphatic carboxylic acids is 1. The molecule has 0 saturated heterocycles. The molecule has 0 bridgehead atoms. The summed E-state index contributed by atoms with van der Waals surface area (Å²) in [7, 11) is 1.68. The first kappa shape index (κ1) is 12.0. The minimum absolute atomic E-state index is 0.0565. The van der Waals surface area contributed by atoms with Crippen LogP contribution in [0.3, 0.4) is 0 Å². The third-order valence-corrected chi connectivity index (χ3v) is 2.51. The van der Waals surface area contributed by atoms with Crippen LogP contribution in [0.15, 0.2) is 24.3 Å². The summed E-state index contributed by atoms with van der Waals surface area (Å²) in [6.07, 6.45) is 0. The van der Waals surface area contributed by atoms with Crippen molar-refractivity contribution in [1.82, 2.24) is 0 Å². The van der Waals surface area contributed by atoms with Gasteiger partial charge >= 0.3 is 5.97 Å². The van der Waals surface area contributed by atoms with Gasteiger partial charge < -0.3 is 15.7 Å². The summed E-state index contributed by atoms with van der Waals surface area (Å²) in [5.41, 5.74) is 6.82. The number of benzene rings is 1. The van der Waals surface area contributed by atoms with Crippen LogP contribution in [0.4, 0.5) is 5.69 Å². The number of carboxylic acid groups (broad SMARTS) is 1. The standard InChI is InChI=1S/C11H15N3O2/c1-7(10(15)16)8-3-5-9(6-4-8)14(2)11(12)13/h3-7H,1-2H3,(H3,12,13)(H,15,16). The molecule has 5 heteroatoms. The SMILES string of the molecule is CC(C(=O)O)c1ccc(N(C)C(=N)N)cc1. The molecule has 0 radical (unpaired) electrons. The molecular formula is C11H15N3O2. The van der Waals surface area contributed by atoms with Crippen LogP contribution in [0.1, 0.15) is 18.4 Å². The highest BCUT2D eigenvalue weighted by Gasteiger charge is 2.13. The molecule has 0 aliphatic rings. The molecule has 4 N–H and O–H groups in total. The molecule has 1 rings (SSSR count). The van der Waals surface area contributed by atoms with Crippen molar-refractivity contribution in [3.8, 4) is 0 Å². The Morgan fingerprint density at radius 1 is 1.44 bits per heavy atom. The lowest BCUT2D eigenvalue weighted by atomic mass is 10.0. The molecule has 0 spiro atoms. The number of nitrogens with two attached hydrogens (primary N) is 1. The van der Waals surface area contributed by atoms with Crippen molar-refractivity contribution >= 4 is 17.6 Å². The Hall–Kier alpha value is -2.04. The number of nitrogens with zero attached hydrogens (tertiary/aromatic N) is 1. The Labute approximate surface area is 94.0 Å². The monoisotopic (exact) mass is 221 g/mol. The Kier molecular flexibility index (Phi) is 3.50. The van der Waals surface area contributed by atoms with Gasteiger partial charge in [0.25, 0.3) is 0 Å². The van der Waals surface area contributed by atoms with Gasteiger partial charge in [0.15, 0.2) is 5.96 Å². The summed E-state index contributed by atoms with van der Waals surface area (Å²) < 4.78 is 0. The lowest BCUT2D eigenvalue weighted by Crippen LogP contribution is -2.32. The number of hydrogen-bond donors (Lipinski definition) is 3. The first-order valence-corrected chi connectivity index (χ1v) is 4.84. The minimum Gasteiger partial charge on any atom is -0.481 e. The van der Waals surface area contributed by atoms with Crippen LogP contribution in [0.5, 0.6) is 0 Å². The minimum atomic E-state index is -0.854. The largest absolute Gasteiger partial charge is 0.481 e. The fourth-order valence-corrected chi connectivity index (χ4v) is 1.27. The molecule has 0 aliphatic heterocycles. The van der Waals surface area contributed by atoms with E-state index < -0.39 is 11.9 Å². The van der Waals surface area contributed by atoms with Gasteiger partial charge in [0.05, 0.1) is 5.92 Å². The van der Waals surface area contributed by atoms with E-state index in [-0.39, 0.29) is 5.96 Å². The lowest BCUT2D eigenvalue weighted by molar-refractivity contribution is -0.138. The number of carbonyl (C=O) groups is 1. The zero-order valence-corrected chi connectivity index (χ0v) is 9.27. The van der Waals surface area contributed by atoms with Crippen LogP contribution < -0.4 is 10.6 Å². The van der Waals surface area contributed by atoms with Gasteiger partial charge in [-0.15, -0.1) is 0 Å². The molecule has 0 fully saturated rings. The number of anilines is 1. The molecule has 0 saturated carbocycles. The van der Waals surface area contributed by atoms with E-state index in [4.69, 9.17) is 16.2 Å². The average Bonchev–Trinajstić information content (AvgIpc) is 2.27. The zero-order valence-electron chi connectivity index (χ0n) is 9.27. The average molecular weight is 221 g/mol. The number of guanidine groups is 1. The molecule has 0 heterocycles. The van der Waals surface area contributed by atoms with E-state index in [2.05, 4.69) is 0 Å². The first-order chi connectivity index (χ1) is 7.43. The molecule has 0 aromatic heterocycles. The Balaban J connectivity index is 2.91. The molecule has 0 amide bonds. The maximum Gasteiger partial charge on any atom is 0.310 e. The Morgan fingerprint density at radius 3 is 2.31 bits per heavy atom. The van der Waals surface area contributed by atoms with Crippen molar-refractivity contribution in [2.75, 3.05) is 11.9 Å². The van der Waals surface area contributed by atoms with Gasteiger partial charge in [-0.1, -0.05) is 12.1 Å². The molecule has 5 nitrogen and oxygen atoms in total. The number of hydrogen-bond acceptors (Lipinski definition) is 2. The summed E-state index contributed by atoms with van der Waals surface area (Å²) in [5.74, 6) is -1.44. The van der Waals surface area contributed by atoms with Gasteiger partial charge in [-0.05, 0) is 24.6 Å². The van der Waals surface area contributed by atoms with Crippen molar-refractivity contribution in [1.29, 1.82) is 5.41 Å². The van der Waals surface area contributed by atoms with E-state index in [0.29, 0.717) is 0 Å². The maximum atomic E-state index is 10.8. The molecule has 1 aromatic carbocycles. The van der Waals surface area contributed by atoms with Crippen molar-refractivity contribution in [2.24, 2.45) is 5.73 Å². The Bertz CT molecular complexity index is 361. The normalized spacial score (nSPS) is 11.9. The highest BCUT2D eigenvalue weighted by Crippen LogP contribution is 2.19. The van der Waals surface area contributed by atoms with Gasteiger partial charge in [0.1, 0.15) is 0 Å². The molecule has 1 aromatic rings. The molecule has 1 unspecified atom stereocenters. The molecule has 0 aliphatic carbocycles. The maximum absolute atomic E-state index is 10.8. The van der Waals surface area contributed by atoms with Crippen molar-refractivity contribution in [3.05, 3.63) is 29.8 Å². The lowest BCUT2D eigenvalue weighted by Gasteiger charge is -2.17. The van der Waals surface area contributed by atoms with Gasteiger partial charge in [-0.2, -0.15) is 0 Å². The summed E-state index contributed by atoms with van der Waals surface area (Å²) >= 11 is 0. The first-order valence-electron chi connectivity index (χ1n) is 4.84. The predicted molar refractivity (Wildman–Crippen MR) is 62.8 cm³/mol.